The highest BCUT2D eigenvalue weighted by atomic mass is 32.2. The molecule has 0 unspecified atom stereocenters. The second-order valence-electron chi connectivity index (χ2n) is 5.03. The third-order valence-corrected chi connectivity index (χ3v) is 4.49. The van der Waals surface area contributed by atoms with Gasteiger partial charge in [-0.15, -0.1) is 0 Å². The molecule has 1 atom stereocenters. The zero-order valence-electron chi connectivity index (χ0n) is 10.9. The predicted octanol–water partition coefficient (Wildman–Crippen LogP) is 0.852. The number of β-amino-alcohol motifs (C(OH)–C–C–N with tert-alkyl or cyclic N) is 1. The van der Waals surface area contributed by atoms with Gasteiger partial charge in [-0.25, -0.2) is 8.42 Å². The van der Waals surface area contributed by atoms with Crippen LogP contribution >= 0.6 is 0 Å². The van der Waals surface area contributed by atoms with Gasteiger partial charge in [0.2, 0.25) is 10.0 Å². The molecule has 1 N–H and O–H groups in total. The third kappa shape index (κ3) is 3.92. The van der Waals surface area contributed by atoms with Gasteiger partial charge in [-0.3, -0.25) is 0 Å². The Morgan fingerprint density at radius 1 is 1.37 bits per heavy atom. The number of nitrogens with zero attached hydrogens (tertiary/aromatic N) is 1. The van der Waals surface area contributed by atoms with Crippen LogP contribution in [0.5, 0.6) is 5.75 Å². The van der Waals surface area contributed by atoms with Gasteiger partial charge in [-0.05, 0) is 25.0 Å². The first kappa shape index (κ1) is 14.3. The molecule has 106 valence electrons. The van der Waals surface area contributed by atoms with Gasteiger partial charge in [0.1, 0.15) is 18.0 Å². The van der Waals surface area contributed by atoms with Crippen molar-refractivity contribution in [1.82, 2.24) is 4.31 Å². The summed E-state index contributed by atoms with van der Waals surface area (Å²) in [5, 5.41) is 10.4. The van der Waals surface area contributed by atoms with E-state index in [0.717, 1.165) is 6.26 Å². The molecule has 1 aromatic rings. The summed E-state index contributed by atoms with van der Waals surface area (Å²) >= 11 is 0. The Hall–Kier alpha value is -1.11. The fourth-order valence-corrected chi connectivity index (χ4v) is 3.14. The first-order valence-corrected chi connectivity index (χ1v) is 8.09. The Morgan fingerprint density at radius 3 is 2.68 bits per heavy atom. The molecule has 0 aromatic heterocycles. The smallest absolute Gasteiger partial charge is 0.211 e. The highest BCUT2D eigenvalue weighted by Crippen LogP contribution is 2.24. The summed E-state index contributed by atoms with van der Waals surface area (Å²) in [6, 6.07) is 9.20. The Bertz CT molecular complexity index is 517. The molecule has 6 heteroatoms. The normalized spacial score (nSPS) is 25.2. The van der Waals surface area contributed by atoms with E-state index in [-0.39, 0.29) is 13.2 Å². The lowest BCUT2D eigenvalue weighted by Gasteiger charge is -2.37. The maximum Gasteiger partial charge on any atom is 0.211 e. The van der Waals surface area contributed by atoms with Crippen molar-refractivity contribution in [3.05, 3.63) is 30.3 Å². The molecule has 1 fully saturated rings. The van der Waals surface area contributed by atoms with Gasteiger partial charge in [0.05, 0.1) is 6.26 Å². The summed E-state index contributed by atoms with van der Waals surface area (Å²) in [5.41, 5.74) is -1.11. The fourth-order valence-electron chi connectivity index (χ4n) is 2.21. The monoisotopic (exact) mass is 285 g/mol. The van der Waals surface area contributed by atoms with Gasteiger partial charge >= 0.3 is 0 Å². The van der Waals surface area contributed by atoms with E-state index in [1.807, 2.05) is 18.2 Å². The van der Waals surface area contributed by atoms with Crippen LogP contribution in [0.15, 0.2) is 30.3 Å². The molecule has 1 aromatic carbocycles. The first-order valence-electron chi connectivity index (χ1n) is 6.24. The Balaban J connectivity index is 1.98. The number of rotatable bonds is 4. The van der Waals surface area contributed by atoms with Gasteiger partial charge in [0.15, 0.2) is 0 Å². The number of para-hydroxylation sites is 1. The number of hydrogen-bond donors (Lipinski definition) is 1. The molecule has 1 saturated heterocycles. The highest BCUT2D eigenvalue weighted by Gasteiger charge is 2.37. The van der Waals surface area contributed by atoms with E-state index in [1.165, 1.54) is 4.31 Å². The number of ether oxygens (including phenoxy) is 1. The van der Waals surface area contributed by atoms with Gasteiger partial charge < -0.3 is 9.84 Å². The van der Waals surface area contributed by atoms with E-state index in [2.05, 4.69) is 0 Å². The van der Waals surface area contributed by atoms with Crippen LogP contribution in [0.3, 0.4) is 0 Å². The lowest BCUT2D eigenvalue weighted by Crippen LogP contribution is -2.53. The van der Waals surface area contributed by atoms with E-state index in [9.17, 15) is 13.5 Å². The van der Waals surface area contributed by atoms with E-state index in [4.69, 9.17) is 4.74 Å². The van der Waals surface area contributed by atoms with Crippen LogP contribution < -0.4 is 4.74 Å². The number of piperidine rings is 1. The summed E-state index contributed by atoms with van der Waals surface area (Å²) in [5.74, 6) is 0.674. The van der Waals surface area contributed by atoms with Crippen molar-refractivity contribution in [2.24, 2.45) is 0 Å². The summed E-state index contributed by atoms with van der Waals surface area (Å²) in [4.78, 5) is 0. The van der Waals surface area contributed by atoms with Crippen LogP contribution in [-0.4, -0.2) is 49.4 Å². The summed E-state index contributed by atoms with van der Waals surface area (Å²) < 4.78 is 29.9. The molecule has 19 heavy (non-hydrogen) atoms. The second kappa shape index (κ2) is 5.48. The van der Waals surface area contributed by atoms with Crippen molar-refractivity contribution in [3.63, 3.8) is 0 Å². The molecule has 0 radical (unpaired) electrons. The Labute approximate surface area is 113 Å². The largest absolute Gasteiger partial charge is 0.491 e. The summed E-state index contributed by atoms with van der Waals surface area (Å²) in [6.07, 6.45) is 2.35. The highest BCUT2D eigenvalue weighted by molar-refractivity contribution is 7.88. The number of aliphatic hydroxyl groups is 1. The van der Waals surface area contributed by atoms with E-state index in [1.54, 1.807) is 12.1 Å². The van der Waals surface area contributed by atoms with Crippen molar-refractivity contribution < 1.29 is 18.3 Å². The van der Waals surface area contributed by atoms with Crippen LogP contribution in [0.1, 0.15) is 12.8 Å². The Morgan fingerprint density at radius 2 is 2.05 bits per heavy atom. The minimum Gasteiger partial charge on any atom is -0.491 e. The first-order chi connectivity index (χ1) is 8.89. The molecule has 0 saturated carbocycles. The fraction of sp³-hybridized carbons (Fsp3) is 0.538. The second-order valence-corrected chi connectivity index (χ2v) is 7.01. The molecule has 1 aliphatic heterocycles. The quantitative estimate of drug-likeness (QED) is 0.890. The molecule has 5 nitrogen and oxygen atoms in total. The van der Waals surface area contributed by atoms with Crippen molar-refractivity contribution >= 4 is 10.0 Å². The van der Waals surface area contributed by atoms with E-state index in [0.29, 0.717) is 25.1 Å². The summed E-state index contributed by atoms with van der Waals surface area (Å²) in [6.45, 7) is 0.661. The average Bonchev–Trinajstić information content (AvgIpc) is 2.37. The minimum absolute atomic E-state index is 0.0959. The molecule has 0 spiro atoms. The standard InChI is InChI=1S/C13H19NO4S/c1-19(16,17)14-9-5-8-13(15,10-14)11-18-12-6-3-2-4-7-12/h2-4,6-7,15H,5,8-11H2,1H3/t13-/m0/s1. The van der Waals surface area contributed by atoms with Crippen molar-refractivity contribution in [2.75, 3.05) is 26.0 Å². The SMILES string of the molecule is CS(=O)(=O)N1CCC[C@@](O)(COc2ccccc2)C1. The molecular weight excluding hydrogens is 266 g/mol. The summed E-state index contributed by atoms with van der Waals surface area (Å²) in [7, 11) is -3.26. The zero-order valence-corrected chi connectivity index (χ0v) is 11.8. The molecule has 0 aliphatic carbocycles. The zero-order chi connectivity index (χ0) is 13.9. The molecule has 0 bridgehead atoms. The van der Waals surface area contributed by atoms with Crippen molar-refractivity contribution in [2.45, 2.75) is 18.4 Å². The van der Waals surface area contributed by atoms with Crippen LogP contribution in [0.4, 0.5) is 0 Å². The van der Waals surface area contributed by atoms with Gasteiger partial charge in [-0.1, -0.05) is 18.2 Å². The predicted molar refractivity (Wildman–Crippen MR) is 72.5 cm³/mol. The number of benzene rings is 1. The number of sulfonamides is 1. The maximum absolute atomic E-state index is 11.5. The topological polar surface area (TPSA) is 66.8 Å². The number of hydrogen-bond acceptors (Lipinski definition) is 4. The minimum atomic E-state index is -3.26. The van der Waals surface area contributed by atoms with Gasteiger partial charge in [0, 0.05) is 13.1 Å². The van der Waals surface area contributed by atoms with Crippen molar-refractivity contribution in [1.29, 1.82) is 0 Å². The van der Waals surface area contributed by atoms with Crippen LogP contribution in [-0.2, 0) is 10.0 Å². The van der Waals surface area contributed by atoms with Crippen LogP contribution in [0.2, 0.25) is 0 Å². The van der Waals surface area contributed by atoms with E-state index >= 15 is 0 Å². The lowest BCUT2D eigenvalue weighted by atomic mass is 9.95. The van der Waals surface area contributed by atoms with Gasteiger partial charge in [0.25, 0.3) is 0 Å². The van der Waals surface area contributed by atoms with Gasteiger partial charge in [-0.2, -0.15) is 4.31 Å². The molecule has 0 amide bonds. The van der Waals surface area contributed by atoms with Crippen LogP contribution in [0, 0.1) is 0 Å². The molecular formula is C13H19NO4S. The Kier molecular flexibility index (Phi) is 4.13. The molecule has 2 rings (SSSR count). The van der Waals surface area contributed by atoms with E-state index < -0.39 is 15.6 Å². The average molecular weight is 285 g/mol. The van der Waals surface area contributed by atoms with Crippen LogP contribution in [0.25, 0.3) is 0 Å². The van der Waals surface area contributed by atoms with Crippen molar-refractivity contribution in [3.8, 4) is 5.75 Å². The molecule has 1 heterocycles. The molecule has 1 aliphatic rings. The third-order valence-electron chi connectivity index (χ3n) is 3.24. The lowest BCUT2D eigenvalue weighted by molar-refractivity contribution is -0.0419. The maximum atomic E-state index is 11.5.